The Morgan fingerprint density at radius 1 is 1.44 bits per heavy atom. The van der Waals surface area contributed by atoms with Gasteiger partial charge in [-0.25, -0.2) is 0 Å². The molecule has 0 saturated carbocycles. The average molecular weight is 217 g/mol. The molecule has 2 rings (SSSR count). The minimum Gasteiger partial charge on any atom is -0.384 e. The van der Waals surface area contributed by atoms with Gasteiger partial charge in [-0.3, -0.25) is 4.79 Å². The lowest BCUT2D eigenvalue weighted by molar-refractivity contribution is -0.120. The monoisotopic (exact) mass is 217 g/mol. The van der Waals surface area contributed by atoms with Crippen LogP contribution in [0.3, 0.4) is 0 Å². The molecule has 1 unspecified atom stereocenters. The van der Waals surface area contributed by atoms with E-state index >= 15 is 0 Å². The lowest BCUT2D eigenvalue weighted by atomic mass is 9.92. The maximum atomic E-state index is 12.1. The van der Waals surface area contributed by atoms with Gasteiger partial charge in [0.05, 0.1) is 5.92 Å². The van der Waals surface area contributed by atoms with E-state index in [1.165, 1.54) is 5.56 Å². The fourth-order valence-corrected chi connectivity index (χ4v) is 2.18. The van der Waals surface area contributed by atoms with Crippen molar-refractivity contribution in [1.82, 2.24) is 0 Å². The summed E-state index contributed by atoms with van der Waals surface area (Å²) in [5.74, 6) is 1.06. The van der Waals surface area contributed by atoms with Crippen LogP contribution < -0.4 is 5.32 Å². The van der Waals surface area contributed by atoms with Crippen LogP contribution in [0.4, 0.5) is 5.69 Å². The van der Waals surface area contributed by atoms with Crippen molar-refractivity contribution in [2.75, 3.05) is 11.9 Å². The van der Waals surface area contributed by atoms with Crippen LogP contribution in [0.15, 0.2) is 24.3 Å². The average Bonchev–Trinajstić information content (AvgIpc) is 2.69. The summed E-state index contributed by atoms with van der Waals surface area (Å²) in [6.07, 6.45) is 1.70. The maximum Gasteiger partial charge on any atom is 0.142 e. The van der Waals surface area contributed by atoms with E-state index in [1.807, 2.05) is 18.2 Å². The molecule has 86 valence electrons. The normalized spacial score (nSPS) is 18.3. The summed E-state index contributed by atoms with van der Waals surface area (Å²) in [6.45, 7) is 5.10. The summed E-state index contributed by atoms with van der Waals surface area (Å²) in [5.41, 5.74) is 2.31. The molecule has 1 N–H and O–H groups in total. The number of nitrogens with one attached hydrogen (secondary N) is 1. The zero-order valence-corrected chi connectivity index (χ0v) is 9.99. The van der Waals surface area contributed by atoms with Gasteiger partial charge < -0.3 is 5.32 Å². The Labute approximate surface area is 97.1 Å². The van der Waals surface area contributed by atoms with E-state index in [1.54, 1.807) is 0 Å². The molecule has 0 aliphatic carbocycles. The molecular weight excluding hydrogens is 198 g/mol. The van der Waals surface area contributed by atoms with E-state index in [-0.39, 0.29) is 5.92 Å². The van der Waals surface area contributed by atoms with Crippen LogP contribution in [-0.2, 0) is 4.79 Å². The predicted octanol–water partition coefficient (Wildman–Crippen LogP) is 3.20. The molecule has 0 saturated heterocycles. The second kappa shape index (κ2) is 4.69. The highest BCUT2D eigenvalue weighted by Crippen LogP contribution is 2.32. The summed E-state index contributed by atoms with van der Waals surface area (Å²) >= 11 is 0. The molecule has 1 aromatic rings. The van der Waals surface area contributed by atoms with Crippen LogP contribution in [0, 0.1) is 5.92 Å². The number of fused-ring (bicyclic) bond motifs is 1. The summed E-state index contributed by atoms with van der Waals surface area (Å²) in [5, 5.41) is 3.30. The van der Waals surface area contributed by atoms with Crippen LogP contribution >= 0.6 is 0 Å². The van der Waals surface area contributed by atoms with Gasteiger partial charge in [0.1, 0.15) is 5.78 Å². The molecule has 2 nitrogen and oxygen atoms in total. The Kier molecular flexibility index (Phi) is 3.28. The van der Waals surface area contributed by atoms with Crippen molar-refractivity contribution in [1.29, 1.82) is 0 Å². The van der Waals surface area contributed by atoms with Crippen molar-refractivity contribution >= 4 is 11.5 Å². The first kappa shape index (κ1) is 11.2. The number of carbonyl (C=O) groups is 1. The Morgan fingerprint density at radius 2 is 2.19 bits per heavy atom. The van der Waals surface area contributed by atoms with Crippen molar-refractivity contribution in [3.8, 4) is 0 Å². The number of hydrogen-bond acceptors (Lipinski definition) is 2. The molecule has 0 aromatic heterocycles. The summed E-state index contributed by atoms with van der Waals surface area (Å²) < 4.78 is 0. The summed E-state index contributed by atoms with van der Waals surface area (Å²) in [6, 6.07) is 8.12. The molecular formula is C14H19NO. The fraction of sp³-hybridized carbons (Fsp3) is 0.500. The molecule has 1 aromatic carbocycles. The number of rotatable bonds is 4. The number of anilines is 1. The molecule has 0 spiro atoms. The SMILES string of the molecule is CC(C)CCC(=O)C1CNc2ccccc21. The topological polar surface area (TPSA) is 29.1 Å². The predicted molar refractivity (Wildman–Crippen MR) is 66.8 cm³/mol. The number of hydrogen-bond donors (Lipinski definition) is 1. The van der Waals surface area contributed by atoms with E-state index in [4.69, 9.17) is 0 Å². The third-order valence-electron chi connectivity index (χ3n) is 3.19. The molecule has 1 heterocycles. The van der Waals surface area contributed by atoms with Crippen LogP contribution in [0.25, 0.3) is 0 Å². The molecule has 1 aliphatic heterocycles. The molecule has 1 atom stereocenters. The first-order chi connectivity index (χ1) is 7.68. The Hall–Kier alpha value is -1.31. The molecule has 16 heavy (non-hydrogen) atoms. The van der Waals surface area contributed by atoms with E-state index in [9.17, 15) is 4.79 Å². The number of ketones is 1. The van der Waals surface area contributed by atoms with E-state index in [2.05, 4.69) is 25.2 Å². The smallest absolute Gasteiger partial charge is 0.142 e. The Balaban J connectivity index is 2.04. The molecule has 0 radical (unpaired) electrons. The molecule has 0 fully saturated rings. The van der Waals surface area contributed by atoms with Crippen LogP contribution in [0.1, 0.15) is 38.2 Å². The molecule has 1 aliphatic rings. The Morgan fingerprint density at radius 3 is 2.94 bits per heavy atom. The van der Waals surface area contributed by atoms with Gasteiger partial charge >= 0.3 is 0 Å². The quantitative estimate of drug-likeness (QED) is 0.839. The van der Waals surface area contributed by atoms with Crippen molar-refractivity contribution < 1.29 is 4.79 Å². The third-order valence-corrected chi connectivity index (χ3v) is 3.19. The van der Waals surface area contributed by atoms with Gasteiger partial charge in [0.25, 0.3) is 0 Å². The van der Waals surface area contributed by atoms with Crippen molar-refractivity contribution in [2.45, 2.75) is 32.6 Å². The Bertz CT molecular complexity index is 384. The van der Waals surface area contributed by atoms with E-state index in [0.717, 1.165) is 18.7 Å². The fourth-order valence-electron chi connectivity index (χ4n) is 2.18. The van der Waals surface area contributed by atoms with E-state index in [0.29, 0.717) is 18.1 Å². The number of carbonyl (C=O) groups excluding carboxylic acids is 1. The maximum absolute atomic E-state index is 12.1. The third kappa shape index (κ3) is 2.26. The molecule has 0 bridgehead atoms. The van der Waals surface area contributed by atoms with Crippen molar-refractivity contribution in [3.63, 3.8) is 0 Å². The van der Waals surface area contributed by atoms with Gasteiger partial charge in [0, 0.05) is 18.7 Å². The van der Waals surface area contributed by atoms with E-state index < -0.39 is 0 Å². The highest BCUT2D eigenvalue weighted by atomic mass is 16.1. The van der Waals surface area contributed by atoms with Crippen LogP contribution in [0.5, 0.6) is 0 Å². The molecule has 0 amide bonds. The van der Waals surface area contributed by atoms with Gasteiger partial charge in [-0.05, 0) is 24.0 Å². The van der Waals surface area contributed by atoms with Crippen LogP contribution in [-0.4, -0.2) is 12.3 Å². The van der Waals surface area contributed by atoms with Gasteiger partial charge in [0.2, 0.25) is 0 Å². The standard InChI is InChI=1S/C14H19NO/c1-10(2)7-8-14(16)12-9-15-13-6-4-3-5-11(12)13/h3-6,10,12,15H,7-9H2,1-2H3. The minimum atomic E-state index is 0.0787. The lowest BCUT2D eigenvalue weighted by Crippen LogP contribution is -2.15. The van der Waals surface area contributed by atoms with Gasteiger partial charge in [0.15, 0.2) is 0 Å². The minimum absolute atomic E-state index is 0.0787. The molecule has 2 heteroatoms. The largest absolute Gasteiger partial charge is 0.384 e. The zero-order chi connectivity index (χ0) is 11.5. The van der Waals surface area contributed by atoms with Gasteiger partial charge in [-0.15, -0.1) is 0 Å². The highest BCUT2D eigenvalue weighted by Gasteiger charge is 2.27. The first-order valence-corrected chi connectivity index (χ1v) is 6.04. The van der Waals surface area contributed by atoms with Gasteiger partial charge in [-0.1, -0.05) is 32.0 Å². The number of benzene rings is 1. The number of Topliss-reactive ketones (excluding diaryl/α,β-unsaturated/α-hetero) is 1. The number of para-hydroxylation sites is 1. The summed E-state index contributed by atoms with van der Waals surface area (Å²) in [7, 11) is 0. The van der Waals surface area contributed by atoms with Gasteiger partial charge in [-0.2, -0.15) is 0 Å². The van der Waals surface area contributed by atoms with Crippen LogP contribution in [0.2, 0.25) is 0 Å². The van der Waals surface area contributed by atoms with Crippen molar-refractivity contribution in [2.24, 2.45) is 5.92 Å². The highest BCUT2D eigenvalue weighted by molar-refractivity contribution is 5.89. The first-order valence-electron chi connectivity index (χ1n) is 6.04. The van der Waals surface area contributed by atoms with Crippen molar-refractivity contribution in [3.05, 3.63) is 29.8 Å². The summed E-state index contributed by atoms with van der Waals surface area (Å²) in [4.78, 5) is 12.1. The second-order valence-corrected chi connectivity index (χ2v) is 4.92. The lowest BCUT2D eigenvalue weighted by Gasteiger charge is -2.10. The second-order valence-electron chi connectivity index (χ2n) is 4.92. The zero-order valence-electron chi connectivity index (χ0n) is 9.99.